The van der Waals surface area contributed by atoms with Crippen molar-refractivity contribution in [1.29, 1.82) is 10.5 Å². The fourth-order valence-electron chi connectivity index (χ4n) is 3.09. The van der Waals surface area contributed by atoms with E-state index in [1.807, 2.05) is 6.07 Å². The SMILES string of the molecule is N#CCC[C@@H](C#N)C[NH+]1CC[NH+](C/C=C/c2ccccc2)CC1. The number of nitriles is 2. The average molecular weight is 310 g/mol. The number of hydrogen-bond acceptors (Lipinski definition) is 2. The van der Waals surface area contributed by atoms with Crippen LogP contribution in [0.4, 0.5) is 0 Å². The molecular weight excluding hydrogens is 284 g/mol. The monoisotopic (exact) mass is 310 g/mol. The largest absolute Gasteiger partial charge is 0.325 e. The summed E-state index contributed by atoms with van der Waals surface area (Å²) in [5, 5.41) is 17.8. The van der Waals surface area contributed by atoms with Crippen LogP contribution in [0, 0.1) is 28.6 Å². The Morgan fingerprint density at radius 2 is 1.74 bits per heavy atom. The van der Waals surface area contributed by atoms with E-state index in [9.17, 15) is 5.26 Å². The van der Waals surface area contributed by atoms with Gasteiger partial charge in [0.15, 0.2) is 0 Å². The highest BCUT2D eigenvalue weighted by Gasteiger charge is 2.24. The van der Waals surface area contributed by atoms with Gasteiger partial charge >= 0.3 is 0 Å². The van der Waals surface area contributed by atoms with Gasteiger partial charge in [-0.25, -0.2) is 0 Å². The summed E-state index contributed by atoms with van der Waals surface area (Å²) in [5.41, 5.74) is 1.26. The maximum Gasteiger partial charge on any atom is 0.127 e. The Bertz CT molecular complexity index is 559. The van der Waals surface area contributed by atoms with Gasteiger partial charge in [0.2, 0.25) is 0 Å². The third-order valence-corrected chi connectivity index (χ3v) is 4.50. The van der Waals surface area contributed by atoms with Crippen LogP contribution in [0.1, 0.15) is 18.4 Å². The maximum atomic E-state index is 9.17. The fraction of sp³-hybridized carbons (Fsp3) is 0.474. The first-order valence-corrected chi connectivity index (χ1v) is 8.47. The molecule has 2 N–H and O–H groups in total. The summed E-state index contributed by atoms with van der Waals surface area (Å²) in [6.07, 6.45) is 5.67. The zero-order valence-electron chi connectivity index (χ0n) is 13.7. The standard InChI is InChI=1S/C19H24N4/c20-10-4-8-19(16-21)17-23-14-12-22(13-15-23)11-5-9-18-6-2-1-3-7-18/h1-3,5-7,9,19H,4,8,11-15,17H2/p+2/b9-5+/t19-/m0/s1. The molecule has 0 amide bonds. The molecule has 23 heavy (non-hydrogen) atoms. The van der Waals surface area contributed by atoms with Gasteiger partial charge < -0.3 is 9.80 Å². The van der Waals surface area contributed by atoms with E-state index in [0.717, 1.165) is 39.3 Å². The van der Waals surface area contributed by atoms with Gasteiger partial charge in [-0.1, -0.05) is 36.4 Å². The molecule has 4 nitrogen and oxygen atoms in total. The van der Waals surface area contributed by atoms with Crippen molar-refractivity contribution in [2.24, 2.45) is 5.92 Å². The number of nitrogens with zero attached hydrogens (tertiary/aromatic N) is 2. The minimum Gasteiger partial charge on any atom is -0.325 e. The minimum atomic E-state index is 0.0316. The zero-order chi connectivity index (χ0) is 16.3. The molecule has 1 heterocycles. The molecule has 1 aromatic rings. The Morgan fingerprint density at radius 1 is 1.04 bits per heavy atom. The van der Waals surface area contributed by atoms with Crippen LogP contribution in [0.5, 0.6) is 0 Å². The molecule has 120 valence electrons. The van der Waals surface area contributed by atoms with Gasteiger partial charge in [0, 0.05) is 6.42 Å². The van der Waals surface area contributed by atoms with E-state index in [2.05, 4.69) is 48.6 Å². The van der Waals surface area contributed by atoms with E-state index in [1.54, 1.807) is 4.90 Å². The third-order valence-electron chi connectivity index (χ3n) is 4.50. The van der Waals surface area contributed by atoms with E-state index in [1.165, 1.54) is 10.5 Å². The first-order chi connectivity index (χ1) is 11.3. The molecule has 2 rings (SSSR count). The van der Waals surface area contributed by atoms with E-state index in [-0.39, 0.29) is 5.92 Å². The van der Waals surface area contributed by atoms with Crippen LogP contribution in [0.25, 0.3) is 6.08 Å². The normalized spacial score (nSPS) is 22.3. The molecule has 1 aliphatic rings. The van der Waals surface area contributed by atoms with Crippen molar-refractivity contribution in [3.05, 3.63) is 42.0 Å². The molecule has 1 atom stereocenters. The number of rotatable bonds is 7. The second-order valence-corrected chi connectivity index (χ2v) is 6.24. The van der Waals surface area contributed by atoms with Crippen molar-refractivity contribution >= 4 is 6.08 Å². The van der Waals surface area contributed by atoms with Gasteiger partial charge in [0.05, 0.1) is 31.1 Å². The second kappa shape index (κ2) is 9.79. The lowest BCUT2D eigenvalue weighted by Crippen LogP contribution is -3.28. The summed E-state index contributed by atoms with van der Waals surface area (Å²) in [6.45, 7) is 6.53. The molecule has 0 saturated carbocycles. The predicted molar refractivity (Wildman–Crippen MR) is 90.6 cm³/mol. The number of quaternary nitrogens is 2. The summed E-state index contributed by atoms with van der Waals surface area (Å²) >= 11 is 0. The molecule has 1 saturated heterocycles. The van der Waals surface area contributed by atoms with Gasteiger partial charge in [-0.2, -0.15) is 10.5 Å². The zero-order valence-corrected chi connectivity index (χ0v) is 13.7. The summed E-state index contributed by atoms with van der Waals surface area (Å²) in [4.78, 5) is 3.14. The smallest absolute Gasteiger partial charge is 0.127 e. The summed E-state index contributed by atoms with van der Waals surface area (Å²) in [7, 11) is 0. The molecule has 0 unspecified atom stereocenters. The second-order valence-electron chi connectivity index (χ2n) is 6.24. The van der Waals surface area contributed by atoms with E-state index in [4.69, 9.17) is 5.26 Å². The van der Waals surface area contributed by atoms with Crippen LogP contribution < -0.4 is 9.80 Å². The van der Waals surface area contributed by atoms with Crippen molar-refractivity contribution in [2.75, 3.05) is 39.3 Å². The maximum absolute atomic E-state index is 9.17. The van der Waals surface area contributed by atoms with E-state index >= 15 is 0 Å². The Kier molecular flexibility index (Phi) is 7.33. The number of piperazine rings is 1. The number of benzene rings is 1. The summed E-state index contributed by atoms with van der Waals surface area (Å²) < 4.78 is 0. The van der Waals surface area contributed by atoms with Crippen LogP contribution in [0.2, 0.25) is 0 Å². The van der Waals surface area contributed by atoms with Crippen molar-refractivity contribution < 1.29 is 9.80 Å². The quantitative estimate of drug-likeness (QED) is 0.740. The molecule has 0 aromatic heterocycles. The lowest BCUT2D eigenvalue weighted by atomic mass is 10.0. The summed E-state index contributed by atoms with van der Waals surface area (Å²) in [5.74, 6) is 0.0316. The van der Waals surface area contributed by atoms with Gasteiger partial charge in [0.25, 0.3) is 0 Å². The Hall–Kier alpha value is -2.14. The lowest BCUT2D eigenvalue weighted by molar-refractivity contribution is -1.01. The van der Waals surface area contributed by atoms with Crippen LogP contribution in [0.3, 0.4) is 0 Å². The highest BCUT2D eigenvalue weighted by molar-refractivity contribution is 5.48. The van der Waals surface area contributed by atoms with Gasteiger partial charge in [-0.3, -0.25) is 0 Å². The van der Waals surface area contributed by atoms with Gasteiger partial charge in [-0.05, 0) is 18.1 Å². The van der Waals surface area contributed by atoms with Crippen LogP contribution in [-0.2, 0) is 0 Å². The number of nitrogens with one attached hydrogen (secondary N) is 2. The fourth-order valence-corrected chi connectivity index (χ4v) is 3.09. The highest BCUT2D eigenvalue weighted by Crippen LogP contribution is 2.01. The van der Waals surface area contributed by atoms with Crippen molar-refractivity contribution in [1.82, 2.24) is 0 Å². The van der Waals surface area contributed by atoms with Crippen LogP contribution in [-0.4, -0.2) is 39.3 Å². The third kappa shape index (κ3) is 6.24. The molecule has 1 fully saturated rings. The molecule has 0 bridgehead atoms. The molecule has 0 aliphatic carbocycles. The van der Waals surface area contributed by atoms with Crippen molar-refractivity contribution in [3.63, 3.8) is 0 Å². The predicted octanol–water partition coefficient (Wildman–Crippen LogP) is -0.0732. The highest BCUT2D eigenvalue weighted by atomic mass is 15.3. The van der Waals surface area contributed by atoms with E-state index < -0.39 is 0 Å². The number of hydrogen-bond donors (Lipinski definition) is 2. The van der Waals surface area contributed by atoms with Gasteiger partial charge in [-0.15, -0.1) is 0 Å². The topological polar surface area (TPSA) is 56.5 Å². The average Bonchev–Trinajstić information content (AvgIpc) is 2.61. The molecular formula is C19H26N4+2. The Morgan fingerprint density at radius 3 is 2.39 bits per heavy atom. The minimum absolute atomic E-state index is 0.0316. The molecule has 4 heteroatoms. The van der Waals surface area contributed by atoms with E-state index in [0.29, 0.717) is 12.8 Å². The lowest BCUT2D eigenvalue weighted by Gasteiger charge is -2.30. The summed E-state index contributed by atoms with van der Waals surface area (Å²) in [6, 6.07) is 14.9. The van der Waals surface area contributed by atoms with Crippen molar-refractivity contribution in [3.8, 4) is 12.1 Å². The van der Waals surface area contributed by atoms with Crippen LogP contribution in [0.15, 0.2) is 36.4 Å². The van der Waals surface area contributed by atoms with Crippen LogP contribution >= 0.6 is 0 Å². The van der Waals surface area contributed by atoms with Gasteiger partial charge in [0.1, 0.15) is 26.2 Å². The first-order valence-electron chi connectivity index (χ1n) is 8.47. The molecule has 1 aliphatic heterocycles. The first kappa shape index (κ1) is 17.2. The molecule has 1 aromatic carbocycles. The molecule has 0 spiro atoms. The Balaban J connectivity index is 1.69. The van der Waals surface area contributed by atoms with Crippen molar-refractivity contribution in [2.45, 2.75) is 12.8 Å². The molecule has 0 radical (unpaired) electrons. The Labute approximate surface area is 139 Å².